The van der Waals surface area contributed by atoms with Crippen molar-refractivity contribution in [2.24, 2.45) is 0 Å². The third-order valence-electron chi connectivity index (χ3n) is 10.00. The smallest absolute Gasteiger partial charge is 0.354 e. The Balaban J connectivity index is 1.10. The number of carboxylic acid groups (broad SMARTS) is 2. The highest BCUT2D eigenvalue weighted by atomic mass is 16.5. The minimum absolute atomic E-state index is 0.0102. The van der Waals surface area contributed by atoms with Gasteiger partial charge >= 0.3 is 11.9 Å². The van der Waals surface area contributed by atoms with Gasteiger partial charge in [0.2, 0.25) is 11.8 Å². The van der Waals surface area contributed by atoms with Crippen LogP contribution in [-0.4, -0.2) is 139 Å². The van der Waals surface area contributed by atoms with Crippen LogP contribution in [0.2, 0.25) is 0 Å². The van der Waals surface area contributed by atoms with E-state index in [4.69, 9.17) is 18.9 Å². The molecule has 2 amide bonds. The number of nitrogens with zero attached hydrogens (tertiary/aromatic N) is 5. The summed E-state index contributed by atoms with van der Waals surface area (Å²) >= 11 is 0. The normalized spacial score (nSPS) is 16.8. The molecule has 0 aliphatic carbocycles. The van der Waals surface area contributed by atoms with Gasteiger partial charge in [-0.15, -0.1) is 0 Å². The quantitative estimate of drug-likeness (QED) is 0.197. The molecule has 16 heteroatoms. The molecular weight excluding hydrogens is 785 g/mol. The molecule has 1 atom stereocenters. The summed E-state index contributed by atoms with van der Waals surface area (Å²) in [5.41, 5.74) is 3.78. The lowest BCUT2D eigenvalue weighted by atomic mass is 10.0. The fraction of sp³-hybridized carbons (Fsp3) is 0.378. The van der Waals surface area contributed by atoms with Crippen molar-refractivity contribution in [1.82, 2.24) is 25.1 Å². The van der Waals surface area contributed by atoms with Crippen LogP contribution in [0.25, 0.3) is 0 Å². The first-order chi connectivity index (χ1) is 29.8. The molecule has 1 fully saturated rings. The molecule has 2 aromatic carbocycles. The number of rotatable bonds is 10. The minimum atomic E-state index is -1.23. The van der Waals surface area contributed by atoms with Crippen LogP contribution in [-0.2, 0) is 41.6 Å². The molecule has 2 aliphatic heterocycles. The number of carbonyl (C=O) groups excluding carboxylic acids is 2. The molecule has 320 valence electrons. The lowest BCUT2D eigenvalue weighted by Gasteiger charge is -2.31. The number of aromatic carboxylic acids is 2. The Morgan fingerprint density at radius 2 is 1.23 bits per heavy atom. The molecule has 2 aliphatic rings. The number of hydrogen-bond acceptors (Lipinski definition) is 12. The number of anilines is 1. The van der Waals surface area contributed by atoms with E-state index in [0.717, 1.165) is 16.7 Å². The van der Waals surface area contributed by atoms with Crippen LogP contribution >= 0.6 is 0 Å². The number of hydrogen-bond donors (Lipinski definition) is 3. The summed E-state index contributed by atoms with van der Waals surface area (Å²) in [5.74, 6) is 3.44. The maximum Gasteiger partial charge on any atom is 0.354 e. The van der Waals surface area contributed by atoms with E-state index < -0.39 is 23.9 Å². The van der Waals surface area contributed by atoms with Gasteiger partial charge in [-0.25, -0.2) is 19.6 Å². The SMILES string of the molecule is O=C(O)c1cccc(CN2CCOCCOCCN(C(C(=O)NCCC(=O)N3Cc4ccccc4C#Cc4ccccc43)c3cccc(C(=O)O)n3)CCOCCOCC2)n1. The minimum Gasteiger partial charge on any atom is -0.477 e. The molecule has 6 rings (SSSR count). The zero-order chi connectivity index (χ0) is 42.8. The van der Waals surface area contributed by atoms with Gasteiger partial charge in [0.05, 0.1) is 76.5 Å². The first kappa shape index (κ1) is 44.5. The summed E-state index contributed by atoms with van der Waals surface area (Å²) in [4.78, 5) is 65.7. The Kier molecular flexibility index (Phi) is 16.8. The van der Waals surface area contributed by atoms with Crippen molar-refractivity contribution in [3.05, 3.63) is 124 Å². The Morgan fingerprint density at radius 1 is 0.656 bits per heavy atom. The average Bonchev–Trinajstić information content (AvgIpc) is 3.25. The summed E-state index contributed by atoms with van der Waals surface area (Å²) < 4.78 is 23.6. The van der Waals surface area contributed by atoms with Crippen LogP contribution in [0.4, 0.5) is 5.69 Å². The molecule has 3 N–H and O–H groups in total. The number of benzene rings is 2. The highest BCUT2D eigenvalue weighted by Gasteiger charge is 2.30. The number of nitrogens with one attached hydrogen (secondary N) is 1. The van der Waals surface area contributed by atoms with Gasteiger partial charge in [0.25, 0.3) is 0 Å². The summed E-state index contributed by atoms with van der Waals surface area (Å²) in [7, 11) is 0. The van der Waals surface area contributed by atoms with Gasteiger partial charge in [-0.3, -0.25) is 19.4 Å². The van der Waals surface area contributed by atoms with Gasteiger partial charge < -0.3 is 39.4 Å². The van der Waals surface area contributed by atoms with Gasteiger partial charge in [0, 0.05) is 56.8 Å². The van der Waals surface area contributed by atoms with Crippen molar-refractivity contribution < 1.29 is 48.3 Å². The van der Waals surface area contributed by atoms with E-state index in [1.54, 1.807) is 29.2 Å². The molecule has 0 bridgehead atoms. The third kappa shape index (κ3) is 13.2. The summed E-state index contributed by atoms with van der Waals surface area (Å²) in [6.45, 7) is 4.72. The summed E-state index contributed by atoms with van der Waals surface area (Å²) in [5, 5.41) is 22.0. The number of aromatic nitrogens is 2. The highest BCUT2D eigenvalue weighted by Crippen LogP contribution is 2.26. The largest absolute Gasteiger partial charge is 0.477 e. The predicted molar refractivity (Wildman–Crippen MR) is 223 cm³/mol. The van der Waals surface area contributed by atoms with Crippen molar-refractivity contribution >= 4 is 29.4 Å². The molecule has 2 aromatic heterocycles. The van der Waals surface area contributed by atoms with Gasteiger partial charge in [-0.2, -0.15) is 0 Å². The number of para-hydroxylation sites is 1. The lowest BCUT2D eigenvalue weighted by molar-refractivity contribution is -0.127. The predicted octanol–water partition coefficient (Wildman–Crippen LogP) is 3.25. The van der Waals surface area contributed by atoms with Crippen LogP contribution in [0.3, 0.4) is 0 Å². The standard InChI is InChI=1S/C45H50N6O10/c52-41(51-31-35-9-2-1-7-33(35)15-16-34-8-3-4-14-40(34)51)17-18-46-43(53)42(37-11-6-13-39(48-37)45(56)57)50-21-25-60-29-27-58-23-19-49(20-24-59-28-30-61-26-22-50)32-36-10-5-12-38(47-36)44(54)55/h1-14,42H,17-32H2,(H,46,53)(H,54,55)(H,56,57). The highest BCUT2D eigenvalue weighted by molar-refractivity contribution is 5.95. The molecule has 0 saturated carbocycles. The molecular formula is C45H50N6O10. The Hall–Kier alpha value is -6.06. The average molecular weight is 835 g/mol. The van der Waals surface area contributed by atoms with Crippen LogP contribution < -0.4 is 10.2 Å². The molecule has 0 radical (unpaired) electrons. The Morgan fingerprint density at radius 3 is 1.90 bits per heavy atom. The van der Waals surface area contributed by atoms with Gasteiger partial charge in [-0.1, -0.05) is 54.3 Å². The number of carboxylic acids is 2. The number of fused-ring (bicyclic) bond motifs is 2. The molecule has 4 aromatic rings. The van der Waals surface area contributed by atoms with E-state index in [1.165, 1.54) is 12.1 Å². The first-order valence-corrected chi connectivity index (χ1v) is 20.2. The monoisotopic (exact) mass is 834 g/mol. The number of carbonyl (C=O) groups is 4. The number of pyridine rings is 2. The molecule has 1 unspecified atom stereocenters. The van der Waals surface area contributed by atoms with E-state index in [-0.39, 0.29) is 75.5 Å². The first-order valence-electron chi connectivity index (χ1n) is 20.2. The van der Waals surface area contributed by atoms with Gasteiger partial charge in [-0.05, 0) is 48.0 Å². The number of ether oxygens (including phenoxy) is 4. The Labute approximate surface area is 354 Å². The zero-order valence-corrected chi connectivity index (χ0v) is 33.9. The fourth-order valence-corrected chi connectivity index (χ4v) is 6.89. The summed E-state index contributed by atoms with van der Waals surface area (Å²) in [6, 6.07) is 23.6. The van der Waals surface area contributed by atoms with E-state index in [1.807, 2.05) is 53.4 Å². The van der Waals surface area contributed by atoms with Gasteiger partial charge in [0.15, 0.2) is 0 Å². The fourth-order valence-electron chi connectivity index (χ4n) is 6.89. The maximum atomic E-state index is 14.2. The van der Waals surface area contributed by atoms with E-state index >= 15 is 0 Å². The Bertz CT molecular complexity index is 2170. The van der Waals surface area contributed by atoms with Crippen LogP contribution in [0.1, 0.15) is 61.5 Å². The van der Waals surface area contributed by atoms with E-state index in [2.05, 4.69) is 32.0 Å². The van der Waals surface area contributed by atoms with Crippen LogP contribution in [0.15, 0.2) is 84.9 Å². The second-order valence-corrected chi connectivity index (χ2v) is 14.2. The van der Waals surface area contributed by atoms with Crippen LogP contribution in [0, 0.1) is 11.8 Å². The topological polar surface area (TPSA) is 193 Å². The molecule has 16 nitrogen and oxygen atoms in total. The van der Waals surface area contributed by atoms with Crippen LogP contribution in [0.5, 0.6) is 0 Å². The van der Waals surface area contributed by atoms with E-state index in [9.17, 15) is 29.4 Å². The molecule has 1 saturated heterocycles. The lowest BCUT2D eigenvalue weighted by Crippen LogP contribution is -2.45. The molecule has 4 heterocycles. The van der Waals surface area contributed by atoms with Crippen molar-refractivity contribution in [2.45, 2.75) is 25.6 Å². The summed E-state index contributed by atoms with van der Waals surface area (Å²) in [6.07, 6.45) is -0.0102. The zero-order valence-electron chi connectivity index (χ0n) is 33.9. The second kappa shape index (κ2) is 23.1. The molecule has 0 spiro atoms. The van der Waals surface area contributed by atoms with Gasteiger partial charge in [0.1, 0.15) is 17.4 Å². The molecule has 61 heavy (non-hydrogen) atoms. The van der Waals surface area contributed by atoms with E-state index in [0.29, 0.717) is 64.0 Å². The van der Waals surface area contributed by atoms with Crippen molar-refractivity contribution in [3.8, 4) is 11.8 Å². The van der Waals surface area contributed by atoms with Crippen molar-refractivity contribution in [1.29, 1.82) is 0 Å². The maximum absolute atomic E-state index is 14.2. The number of amides is 2. The van der Waals surface area contributed by atoms with Crippen molar-refractivity contribution in [2.75, 3.05) is 90.5 Å². The second-order valence-electron chi connectivity index (χ2n) is 14.2. The third-order valence-corrected chi connectivity index (χ3v) is 10.00. The van der Waals surface area contributed by atoms with Crippen molar-refractivity contribution in [3.63, 3.8) is 0 Å².